The molecule has 0 aliphatic heterocycles. The van der Waals surface area contributed by atoms with E-state index >= 15 is 0 Å². The summed E-state index contributed by atoms with van der Waals surface area (Å²) in [5, 5.41) is 12.1. The minimum Gasteiger partial charge on any atom is -0.481 e. The van der Waals surface area contributed by atoms with Gasteiger partial charge in [0.25, 0.3) is 0 Å². The number of amides is 1. The number of anilines is 1. The summed E-state index contributed by atoms with van der Waals surface area (Å²) in [4.78, 5) is 23.2. The lowest BCUT2D eigenvalue weighted by Gasteiger charge is -2.29. The summed E-state index contributed by atoms with van der Waals surface area (Å²) in [6.45, 7) is 0. The smallest absolute Gasteiger partial charge is 0.308 e. The zero-order chi connectivity index (χ0) is 15.2. The molecule has 2 atom stereocenters. The van der Waals surface area contributed by atoms with Gasteiger partial charge >= 0.3 is 5.97 Å². The van der Waals surface area contributed by atoms with Gasteiger partial charge in [-0.15, -0.1) is 0 Å². The summed E-state index contributed by atoms with van der Waals surface area (Å²) in [6.07, 6.45) is 4.31. The SMILES string of the molecule is Nc1ccc(CCC(=O)NC2CCCCC2C(=O)O)cc1. The largest absolute Gasteiger partial charge is 0.481 e. The number of aryl methyl sites for hydroxylation is 1. The summed E-state index contributed by atoms with van der Waals surface area (Å²) in [5.41, 5.74) is 7.37. The molecule has 1 amide bonds. The number of rotatable bonds is 5. The van der Waals surface area contributed by atoms with Crippen molar-refractivity contribution in [1.82, 2.24) is 5.32 Å². The van der Waals surface area contributed by atoms with Crippen LogP contribution < -0.4 is 11.1 Å². The molecule has 1 aromatic rings. The second-order valence-corrected chi connectivity index (χ2v) is 5.64. The maximum atomic E-state index is 12.0. The lowest BCUT2D eigenvalue weighted by molar-refractivity contribution is -0.144. The van der Waals surface area contributed by atoms with Gasteiger partial charge in [-0.1, -0.05) is 25.0 Å². The summed E-state index contributed by atoms with van der Waals surface area (Å²) in [7, 11) is 0. The van der Waals surface area contributed by atoms with Gasteiger partial charge in [-0.2, -0.15) is 0 Å². The predicted molar refractivity (Wildman–Crippen MR) is 80.7 cm³/mol. The normalized spacial score (nSPS) is 21.7. The third kappa shape index (κ3) is 4.48. The molecule has 0 bridgehead atoms. The van der Waals surface area contributed by atoms with E-state index in [9.17, 15) is 14.7 Å². The first kappa shape index (κ1) is 15.4. The molecule has 2 rings (SSSR count). The lowest BCUT2D eigenvalue weighted by atomic mass is 9.84. The summed E-state index contributed by atoms with van der Waals surface area (Å²) >= 11 is 0. The molecule has 1 aliphatic rings. The van der Waals surface area contributed by atoms with Crippen molar-refractivity contribution < 1.29 is 14.7 Å². The van der Waals surface area contributed by atoms with Gasteiger partial charge in [0, 0.05) is 18.2 Å². The van der Waals surface area contributed by atoms with Crippen molar-refractivity contribution in [2.45, 2.75) is 44.6 Å². The van der Waals surface area contributed by atoms with E-state index in [0.29, 0.717) is 24.9 Å². The van der Waals surface area contributed by atoms with Crippen molar-refractivity contribution in [2.75, 3.05) is 5.73 Å². The maximum absolute atomic E-state index is 12.0. The number of hydrogen-bond acceptors (Lipinski definition) is 3. The number of aliphatic carboxylic acids is 1. The zero-order valence-corrected chi connectivity index (χ0v) is 12.0. The highest BCUT2D eigenvalue weighted by Crippen LogP contribution is 2.24. The Hall–Kier alpha value is -2.04. The van der Waals surface area contributed by atoms with E-state index in [4.69, 9.17) is 5.73 Å². The van der Waals surface area contributed by atoms with Crippen molar-refractivity contribution in [3.05, 3.63) is 29.8 Å². The van der Waals surface area contributed by atoms with Gasteiger partial charge in [-0.05, 0) is 37.0 Å². The molecule has 5 heteroatoms. The quantitative estimate of drug-likeness (QED) is 0.723. The van der Waals surface area contributed by atoms with E-state index in [1.54, 1.807) is 0 Å². The molecule has 0 spiro atoms. The number of nitrogens with two attached hydrogens (primary N) is 1. The van der Waals surface area contributed by atoms with Gasteiger partial charge in [0.2, 0.25) is 5.91 Å². The Bertz CT molecular complexity index is 499. The second kappa shape index (κ2) is 7.11. The number of carbonyl (C=O) groups excluding carboxylic acids is 1. The Kier molecular flexibility index (Phi) is 5.20. The average molecular weight is 290 g/mol. The fraction of sp³-hybridized carbons (Fsp3) is 0.500. The van der Waals surface area contributed by atoms with Crippen LogP contribution in [0, 0.1) is 5.92 Å². The van der Waals surface area contributed by atoms with Crippen LogP contribution in [0.2, 0.25) is 0 Å². The molecule has 1 aromatic carbocycles. The number of carbonyl (C=O) groups is 2. The van der Waals surface area contributed by atoms with Crippen LogP contribution in [0.1, 0.15) is 37.7 Å². The lowest BCUT2D eigenvalue weighted by Crippen LogP contribution is -2.45. The van der Waals surface area contributed by atoms with Crippen LogP contribution in [0.4, 0.5) is 5.69 Å². The van der Waals surface area contributed by atoms with Crippen molar-refractivity contribution in [3.8, 4) is 0 Å². The standard InChI is InChI=1S/C16H22N2O3/c17-12-8-5-11(6-9-12)7-10-15(19)18-14-4-2-1-3-13(14)16(20)21/h5-6,8-9,13-14H,1-4,7,10,17H2,(H,18,19)(H,20,21). The molecule has 2 unspecified atom stereocenters. The molecule has 4 N–H and O–H groups in total. The Balaban J connectivity index is 1.83. The fourth-order valence-electron chi connectivity index (χ4n) is 2.82. The summed E-state index contributed by atoms with van der Waals surface area (Å²) in [6, 6.07) is 7.21. The van der Waals surface area contributed by atoms with E-state index in [1.165, 1.54) is 0 Å². The molecule has 1 fully saturated rings. The first-order valence-electron chi connectivity index (χ1n) is 7.43. The Morgan fingerprint density at radius 1 is 1.19 bits per heavy atom. The minimum absolute atomic E-state index is 0.0787. The van der Waals surface area contributed by atoms with E-state index in [-0.39, 0.29) is 11.9 Å². The van der Waals surface area contributed by atoms with Crippen molar-refractivity contribution in [2.24, 2.45) is 5.92 Å². The molecule has 5 nitrogen and oxygen atoms in total. The first-order chi connectivity index (χ1) is 10.1. The monoisotopic (exact) mass is 290 g/mol. The number of hydrogen-bond donors (Lipinski definition) is 3. The van der Waals surface area contributed by atoms with Gasteiger partial charge in [-0.3, -0.25) is 9.59 Å². The summed E-state index contributed by atoms with van der Waals surface area (Å²) in [5.74, 6) is -1.33. The molecule has 0 aromatic heterocycles. The Labute approximate surface area is 124 Å². The molecular weight excluding hydrogens is 268 g/mol. The maximum Gasteiger partial charge on any atom is 0.308 e. The number of benzene rings is 1. The highest BCUT2D eigenvalue weighted by atomic mass is 16.4. The van der Waals surface area contributed by atoms with E-state index in [1.807, 2.05) is 24.3 Å². The van der Waals surface area contributed by atoms with Crippen LogP contribution in [-0.2, 0) is 16.0 Å². The molecular formula is C16H22N2O3. The molecule has 1 saturated carbocycles. The Morgan fingerprint density at radius 2 is 1.86 bits per heavy atom. The van der Waals surface area contributed by atoms with Crippen LogP contribution >= 0.6 is 0 Å². The van der Waals surface area contributed by atoms with Gasteiger partial charge in [0.15, 0.2) is 0 Å². The van der Waals surface area contributed by atoms with Gasteiger partial charge in [0.05, 0.1) is 5.92 Å². The Morgan fingerprint density at radius 3 is 2.52 bits per heavy atom. The van der Waals surface area contributed by atoms with Gasteiger partial charge < -0.3 is 16.2 Å². The molecule has 21 heavy (non-hydrogen) atoms. The molecule has 0 heterocycles. The molecule has 114 valence electrons. The van der Waals surface area contributed by atoms with Gasteiger partial charge in [0.1, 0.15) is 0 Å². The van der Waals surface area contributed by atoms with Crippen LogP contribution in [0.3, 0.4) is 0 Å². The van der Waals surface area contributed by atoms with E-state index in [0.717, 1.165) is 24.8 Å². The van der Waals surface area contributed by atoms with E-state index < -0.39 is 11.9 Å². The topological polar surface area (TPSA) is 92.4 Å². The number of carboxylic acids is 1. The third-order valence-corrected chi connectivity index (χ3v) is 4.05. The van der Waals surface area contributed by atoms with E-state index in [2.05, 4.69) is 5.32 Å². The molecule has 1 aliphatic carbocycles. The van der Waals surface area contributed by atoms with Crippen molar-refractivity contribution in [1.29, 1.82) is 0 Å². The van der Waals surface area contributed by atoms with Crippen molar-refractivity contribution in [3.63, 3.8) is 0 Å². The number of nitrogen functional groups attached to an aromatic ring is 1. The average Bonchev–Trinajstić information content (AvgIpc) is 2.47. The molecule has 0 saturated heterocycles. The van der Waals surface area contributed by atoms with Crippen LogP contribution in [0.25, 0.3) is 0 Å². The fourth-order valence-corrected chi connectivity index (χ4v) is 2.82. The highest BCUT2D eigenvalue weighted by Gasteiger charge is 2.31. The van der Waals surface area contributed by atoms with Crippen molar-refractivity contribution >= 4 is 17.6 Å². The third-order valence-electron chi connectivity index (χ3n) is 4.05. The first-order valence-corrected chi connectivity index (χ1v) is 7.43. The second-order valence-electron chi connectivity index (χ2n) is 5.64. The minimum atomic E-state index is -0.807. The van der Waals surface area contributed by atoms with Crippen LogP contribution in [0.5, 0.6) is 0 Å². The predicted octanol–water partition coefficient (Wildman–Crippen LogP) is 1.96. The van der Waals surface area contributed by atoms with Crippen LogP contribution in [-0.4, -0.2) is 23.0 Å². The highest BCUT2D eigenvalue weighted by molar-refractivity contribution is 5.78. The molecule has 0 radical (unpaired) electrons. The van der Waals surface area contributed by atoms with Crippen LogP contribution in [0.15, 0.2) is 24.3 Å². The number of carboxylic acid groups (broad SMARTS) is 1. The van der Waals surface area contributed by atoms with Gasteiger partial charge in [-0.25, -0.2) is 0 Å². The number of nitrogens with one attached hydrogen (secondary N) is 1. The summed E-state index contributed by atoms with van der Waals surface area (Å²) < 4.78 is 0. The zero-order valence-electron chi connectivity index (χ0n) is 12.0.